The second kappa shape index (κ2) is 6.43. The van der Waals surface area contributed by atoms with Crippen molar-refractivity contribution in [1.29, 1.82) is 0 Å². The van der Waals surface area contributed by atoms with Gasteiger partial charge < -0.3 is 14.2 Å². The summed E-state index contributed by atoms with van der Waals surface area (Å²) in [6.07, 6.45) is 2.13. The van der Waals surface area contributed by atoms with Gasteiger partial charge in [0.15, 0.2) is 0 Å². The Kier molecular flexibility index (Phi) is 4.83. The molecule has 1 aliphatic heterocycles. The number of hydrogen-bond acceptors (Lipinski definition) is 5. The molecule has 2 fully saturated rings. The summed E-state index contributed by atoms with van der Waals surface area (Å²) in [5.41, 5.74) is 0.762. The van der Waals surface area contributed by atoms with Gasteiger partial charge in [-0.05, 0) is 24.8 Å². The maximum Gasteiger partial charge on any atom is 0.310 e. The Hall–Kier alpha value is -1.62. The highest BCUT2D eigenvalue weighted by Gasteiger charge is 2.58. The third kappa shape index (κ3) is 3.53. The van der Waals surface area contributed by atoms with E-state index in [1.165, 1.54) is 6.08 Å². The highest BCUT2D eigenvalue weighted by Crippen LogP contribution is 2.47. The SMILES string of the molecule is C=CCOC(=O)C1CC2OC2C(C)C1C(=O)OCC(=C)C. The number of rotatable bonds is 6. The summed E-state index contributed by atoms with van der Waals surface area (Å²) in [6, 6.07) is 0. The molecule has 5 atom stereocenters. The summed E-state index contributed by atoms with van der Waals surface area (Å²) in [6.45, 7) is 11.2. The molecule has 0 aromatic heterocycles. The van der Waals surface area contributed by atoms with Crippen LogP contribution in [0.1, 0.15) is 20.3 Å². The fourth-order valence-corrected chi connectivity index (χ4v) is 2.94. The third-order valence-corrected chi connectivity index (χ3v) is 4.01. The van der Waals surface area contributed by atoms with Crippen LogP contribution in [0, 0.1) is 17.8 Å². The number of carbonyl (C=O) groups is 2. The first-order valence-electron chi connectivity index (χ1n) is 7.19. The van der Waals surface area contributed by atoms with Gasteiger partial charge in [0, 0.05) is 0 Å². The van der Waals surface area contributed by atoms with E-state index in [9.17, 15) is 9.59 Å². The molecule has 0 amide bonds. The van der Waals surface area contributed by atoms with E-state index in [1.54, 1.807) is 6.92 Å². The Bertz CT molecular complexity index is 456. The van der Waals surface area contributed by atoms with Gasteiger partial charge in [0.2, 0.25) is 0 Å². The van der Waals surface area contributed by atoms with Crippen molar-refractivity contribution in [3.05, 3.63) is 24.8 Å². The molecule has 1 heterocycles. The quantitative estimate of drug-likeness (QED) is 0.425. The van der Waals surface area contributed by atoms with Crippen LogP contribution in [-0.2, 0) is 23.8 Å². The zero-order chi connectivity index (χ0) is 15.6. The molecule has 1 saturated heterocycles. The van der Waals surface area contributed by atoms with Crippen molar-refractivity contribution in [2.75, 3.05) is 13.2 Å². The zero-order valence-corrected chi connectivity index (χ0v) is 12.5. The van der Waals surface area contributed by atoms with Gasteiger partial charge in [0.25, 0.3) is 0 Å². The molecule has 5 nitrogen and oxygen atoms in total. The molecule has 2 rings (SSSR count). The minimum absolute atomic E-state index is 0.0517. The Labute approximate surface area is 124 Å². The van der Waals surface area contributed by atoms with Crippen molar-refractivity contribution in [2.24, 2.45) is 17.8 Å². The number of ether oxygens (including phenoxy) is 3. The van der Waals surface area contributed by atoms with E-state index in [2.05, 4.69) is 13.2 Å². The van der Waals surface area contributed by atoms with Gasteiger partial charge in [-0.15, -0.1) is 0 Å². The van der Waals surface area contributed by atoms with Crippen molar-refractivity contribution in [2.45, 2.75) is 32.5 Å². The van der Waals surface area contributed by atoms with Gasteiger partial charge in [0.1, 0.15) is 13.2 Å². The molecule has 0 aromatic rings. The lowest BCUT2D eigenvalue weighted by Gasteiger charge is -2.30. The summed E-state index contributed by atoms with van der Waals surface area (Å²) in [4.78, 5) is 24.5. The first kappa shape index (κ1) is 15.8. The molecule has 0 radical (unpaired) electrons. The molecular weight excluding hydrogens is 272 g/mol. The van der Waals surface area contributed by atoms with Crippen LogP contribution in [0.25, 0.3) is 0 Å². The van der Waals surface area contributed by atoms with Gasteiger partial charge in [-0.1, -0.05) is 26.2 Å². The smallest absolute Gasteiger partial charge is 0.310 e. The molecule has 5 heteroatoms. The van der Waals surface area contributed by atoms with E-state index in [0.29, 0.717) is 6.42 Å². The van der Waals surface area contributed by atoms with Crippen LogP contribution in [0.5, 0.6) is 0 Å². The predicted octanol–water partition coefficient (Wildman–Crippen LogP) is 1.87. The van der Waals surface area contributed by atoms with Gasteiger partial charge in [-0.25, -0.2) is 0 Å². The second-order valence-electron chi connectivity index (χ2n) is 5.85. The fraction of sp³-hybridized carbons (Fsp3) is 0.625. The largest absolute Gasteiger partial charge is 0.461 e. The molecule has 2 aliphatic rings. The number of esters is 2. The standard InChI is InChI=1S/C16H22O5/c1-5-6-19-15(17)11-7-12-14(21-12)10(4)13(11)16(18)20-8-9(2)3/h5,10-14H,1-2,6-8H2,3-4H3. The normalized spacial score (nSPS) is 33.5. The van der Waals surface area contributed by atoms with Gasteiger partial charge in [-0.3, -0.25) is 9.59 Å². The van der Waals surface area contributed by atoms with Crippen molar-refractivity contribution in [1.82, 2.24) is 0 Å². The van der Waals surface area contributed by atoms with E-state index in [-0.39, 0.29) is 43.3 Å². The van der Waals surface area contributed by atoms with Crippen LogP contribution in [-0.4, -0.2) is 37.4 Å². The van der Waals surface area contributed by atoms with E-state index < -0.39 is 11.8 Å². The lowest BCUT2D eigenvalue weighted by Crippen LogP contribution is -2.42. The van der Waals surface area contributed by atoms with Crippen LogP contribution >= 0.6 is 0 Å². The average Bonchev–Trinajstić information content (AvgIpc) is 3.21. The summed E-state index contributed by atoms with van der Waals surface area (Å²) >= 11 is 0. The number of hydrogen-bond donors (Lipinski definition) is 0. The van der Waals surface area contributed by atoms with Crippen molar-refractivity contribution in [3.8, 4) is 0 Å². The van der Waals surface area contributed by atoms with E-state index in [0.717, 1.165) is 5.57 Å². The van der Waals surface area contributed by atoms with Gasteiger partial charge in [0.05, 0.1) is 24.0 Å². The van der Waals surface area contributed by atoms with Gasteiger partial charge in [-0.2, -0.15) is 0 Å². The number of fused-ring (bicyclic) bond motifs is 1. The van der Waals surface area contributed by atoms with E-state index in [4.69, 9.17) is 14.2 Å². The highest BCUT2D eigenvalue weighted by atomic mass is 16.6. The van der Waals surface area contributed by atoms with Crippen LogP contribution in [0.15, 0.2) is 24.8 Å². The first-order chi connectivity index (χ1) is 9.95. The number of carbonyl (C=O) groups excluding carboxylic acids is 2. The van der Waals surface area contributed by atoms with E-state index >= 15 is 0 Å². The lowest BCUT2D eigenvalue weighted by molar-refractivity contribution is -0.163. The molecule has 0 bridgehead atoms. The van der Waals surface area contributed by atoms with Crippen LogP contribution in [0.4, 0.5) is 0 Å². The first-order valence-corrected chi connectivity index (χ1v) is 7.19. The molecule has 0 spiro atoms. The van der Waals surface area contributed by atoms with Gasteiger partial charge >= 0.3 is 11.9 Å². The minimum Gasteiger partial charge on any atom is -0.461 e. The average molecular weight is 294 g/mol. The molecular formula is C16H22O5. The topological polar surface area (TPSA) is 65.1 Å². The summed E-state index contributed by atoms with van der Waals surface area (Å²) in [7, 11) is 0. The summed E-state index contributed by atoms with van der Waals surface area (Å²) in [5.74, 6) is -1.85. The molecule has 5 unspecified atom stereocenters. The highest BCUT2D eigenvalue weighted by molar-refractivity contribution is 5.83. The summed E-state index contributed by atoms with van der Waals surface area (Å²) in [5, 5.41) is 0. The van der Waals surface area contributed by atoms with Crippen molar-refractivity contribution < 1.29 is 23.8 Å². The zero-order valence-electron chi connectivity index (χ0n) is 12.5. The molecule has 116 valence electrons. The molecule has 0 N–H and O–H groups in total. The van der Waals surface area contributed by atoms with Crippen LogP contribution in [0.3, 0.4) is 0 Å². The van der Waals surface area contributed by atoms with Crippen molar-refractivity contribution in [3.63, 3.8) is 0 Å². The maximum atomic E-state index is 12.3. The molecule has 1 aliphatic carbocycles. The lowest BCUT2D eigenvalue weighted by atomic mass is 9.72. The minimum atomic E-state index is -0.523. The summed E-state index contributed by atoms with van der Waals surface area (Å²) < 4.78 is 15.9. The second-order valence-corrected chi connectivity index (χ2v) is 5.85. The molecule has 0 aromatic carbocycles. The maximum absolute atomic E-state index is 12.3. The Morgan fingerprint density at radius 1 is 1.33 bits per heavy atom. The fourth-order valence-electron chi connectivity index (χ4n) is 2.94. The number of epoxide rings is 1. The Morgan fingerprint density at radius 2 is 2.05 bits per heavy atom. The predicted molar refractivity (Wildman–Crippen MR) is 76.4 cm³/mol. The van der Waals surface area contributed by atoms with Crippen molar-refractivity contribution >= 4 is 11.9 Å². The van der Waals surface area contributed by atoms with Crippen LogP contribution in [0.2, 0.25) is 0 Å². The molecule has 21 heavy (non-hydrogen) atoms. The van der Waals surface area contributed by atoms with E-state index in [1.807, 2.05) is 6.92 Å². The van der Waals surface area contributed by atoms with Crippen LogP contribution < -0.4 is 0 Å². The Morgan fingerprint density at radius 3 is 2.67 bits per heavy atom. The third-order valence-electron chi connectivity index (χ3n) is 4.01. The Balaban J connectivity index is 2.07. The molecule has 1 saturated carbocycles. The monoisotopic (exact) mass is 294 g/mol.